The fourth-order valence-corrected chi connectivity index (χ4v) is 2.20. The van der Waals surface area contributed by atoms with E-state index in [0.29, 0.717) is 5.69 Å². The van der Waals surface area contributed by atoms with Crippen LogP contribution in [-0.4, -0.2) is 41.3 Å². The largest absolute Gasteiger partial charge is 0.381 e. The van der Waals surface area contributed by atoms with Gasteiger partial charge in [-0.3, -0.25) is 4.79 Å². The van der Waals surface area contributed by atoms with E-state index in [9.17, 15) is 4.79 Å². The minimum atomic E-state index is -0.352. The third-order valence-electron chi connectivity index (χ3n) is 2.99. The quantitative estimate of drug-likeness (QED) is 0.853. The molecule has 0 bridgehead atoms. The predicted molar refractivity (Wildman–Crippen MR) is 68.6 cm³/mol. The SMILES string of the molecule is O=c1[nH]ncc(NCCN2CCCCC2)c1Cl. The summed E-state index contributed by atoms with van der Waals surface area (Å²) in [5.74, 6) is 0. The number of likely N-dealkylation sites (tertiary alicyclic amines) is 1. The predicted octanol–water partition coefficient (Wildman–Crippen LogP) is 1.32. The highest BCUT2D eigenvalue weighted by Crippen LogP contribution is 2.14. The summed E-state index contributed by atoms with van der Waals surface area (Å²) < 4.78 is 0. The van der Waals surface area contributed by atoms with Crippen LogP contribution < -0.4 is 10.9 Å². The molecule has 1 aliphatic rings. The Morgan fingerprint density at radius 2 is 2.18 bits per heavy atom. The Balaban J connectivity index is 1.81. The standard InChI is InChI=1S/C11H17ClN4O/c12-10-9(8-14-15-11(10)17)13-4-7-16-5-2-1-3-6-16/h8H,1-7H2,(H2,13,15,17). The van der Waals surface area contributed by atoms with Gasteiger partial charge in [0, 0.05) is 13.1 Å². The maximum atomic E-state index is 11.2. The molecule has 1 aliphatic heterocycles. The molecule has 0 aromatic carbocycles. The summed E-state index contributed by atoms with van der Waals surface area (Å²) in [7, 11) is 0. The summed E-state index contributed by atoms with van der Waals surface area (Å²) in [6.45, 7) is 4.10. The highest BCUT2D eigenvalue weighted by molar-refractivity contribution is 6.32. The molecule has 0 spiro atoms. The summed E-state index contributed by atoms with van der Waals surface area (Å²) in [6, 6.07) is 0. The van der Waals surface area contributed by atoms with Crippen LogP contribution in [0.2, 0.25) is 5.02 Å². The molecule has 2 heterocycles. The van der Waals surface area contributed by atoms with Crippen molar-refractivity contribution in [3.63, 3.8) is 0 Å². The van der Waals surface area contributed by atoms with Crippen molar-refractivity contribution in [2.75, 3.05) is 31.5 Å². The number of nitrogens with zero attached hydrogens (tertiary/aromatic N) is 2. The van der Waals surface area contributed by atoms with Crippen molar-refractivity contribution in [3.05, 3.63) is 21.6 Å². The number of piperidine rings is 1. The molecule has 0 radical (unpaired) electrons. The van der Waals surface area contributed by atoms with E-state index in [1.54, 1.807) is 6.20 Å². The molecule has 2 N–H and O–H groups in total. The van der Waals surface area contributed by atoms with Crippen LogP contribution in [-0.2, 0) is 0 Å². The lowest BCUT2D eigenvalue weighted by molar-refractivity contribution is 0.237. The summed E-state index contributed by atoms with van der Waals surface area (Å²) >= 11 is 5.85. The minimum absolute atomic E-state index is 0.179. The molecule has 0 unspecified atom stereocenters. The van der Waals surface area contributed by atoms with Gasteiger partial charge in [-0.05, 0) is 25.9 Å². The smallest absolute Gasteiger partial charge is 0.285 e. The van der Waals surface area contributed by atoms with E-state index < -0.39 is 0 Å². The number of anilines is 1. The number of rotatable bonds is 4. The van der Waals surface area contributed by atoms with Crippen molar-refractivity contribution in [1.82, 2.24) is 15.1 Å². The second-order valence-electron chi connectivity index (χ2n) is 4.26. The zero-order valence-electron chi connectivity index (χ0n) is 9.71. The van der Waals surface area contributed by atoms with E-state index in [4.69, 9.17) is 11.6 Å². The molecule has 1 saturated heterocycles. The van der Waals surface area contributed by atoms with Gasteiger partial charge in [0.25, 0.3) is 5.56 Å². The zero-order chi connectivity index (χ0) is 12.1. The molecule has 1 fully saturated rings. The zero-order valence-corrected chi connectivity index (χ0v) is 10.5. The van der Waals surface area contributed by atoms with Gasteiger partial charge in [-0.15, -0.1) is 0 Å². The average Bonchev–Trinajstić information content (AvgIpc) is 2.36. The lowest BCUT2D eigenvalue weighted by Gasteiger charge is -2.26. The molecule has 0 amide bonds. The number of aromatic amines is 1. The third kappa shape index (κ3) is 3.44. The summed E-state index contributed by atoms with van der Waals surface area (Å²) in [5.41, 5.74) is 0.252. The molecular formula is C11H17ClN4O. The number of hydrogen-bond acceptors (Lipinski definition) is 4. The first kappa shape index (κ1) is 12.4. The molecule has 0 atom stereocenters. The van der Waals surface area contributed by atoms with Crippen LogP contribution in [0.15, 0.2) is 11.0 Å². The molecule has 0 saturated carbocycles. The minimum Gasteiger partial charge on any atom is -0.381 e. The number of nitrogens with one attached hydrogen (secondary N) is 2. The molecule has 17 heavy (non-hydrogen) atoms. The van der Waals surface area contributed by atoms with Crippen LogP contribution >= 0.6 is 11.6 Å². The summed E-state index contributed by atoms with van der Waals surface area (Å²) in [5, 5.41) is 9.33. The second-order valence-corrected chi connectivity index (χ2v) is 4.63. The Labute approximate surface area is 105 Å². The van der Waals surface area contributed by atoms with Gasteiger partial charge in [0.1, 0.15) is 5.02 Å². The Hall–Kier alpha value is -1.07. The van der Waals surface area contributed by atoms with E-state index in [1.165, 1.54) is 32.4 Å². The maximum absolute atomic E-state index is 11.2. The molecule has 1 aromatic rings. The average molecular weight is 257 g/mol. The van der Waals surface area contributed by atoms with Gasteiger partial charge in [-0.2, -0.15) is 5.10 Å². The highest BCUT2D eigenvalue weighted by Gasteiger charge is 2.10. The topological polar surface area (TPSA) is 61.0 Å². The van der Waals surface area contributed by atoms with Crippen LogP contribution in [0.5, 0.6) is 0 Å². The van der Waals surface area contributed by atoms with Gasteiger partial charge in [0.2, 0.25) is 0 Å². The fourth-order valence-electron chi connectivity index (χ4n) is 2.04. The molecule has 6 heteroatoms. The van der Waals surface area contributed by atoms with Crippen LogP contribution in [0, 0.1) is 0 Å². The van der Waals surface area contributed by atoms with Crippen LogP contribution in [0.4, 0.5) is 5.69 Å². The lowest BCUT2D eigenvalue weighted by atomic mass is 10.1. The molecule has 5 nitrogen and oxygen atoms in total. The van der Waals surface area contributed by atoms with Gasteiger partial charge in [0.15, 0.2) is 0 Å². The molecule has 1 aromatic heterocycles. The van der Waals surface area contributed by atoms with Crippen molar-refractivity contribution in [2.45, 2.75) is 19.3 Å². The number of halogens is 1. The molecule has 2 rings (SSSR count). The Morgan fingerprint density at radius 1 is 1.41 bits per heavy atom. The van der Waals surface area contributed by atoms with E-state index >= 15 is 0 Å². The van der Waals surface area contributed by atoms with Crippen LogP contribution in [0.1, 0.15) is 19.3 Å². The monoisotopic (exact) mass is 256 g/mol. The van der Waals surface area contributed by atoms with Gasteiger partial charge in [-0.25, -0.2) is 5.10 Å². The molecule has 94 valence electrons. The number of H-pyrrole nitrogens is 1. The van der Waals surface area contributed by atoms with Gasteiger partial charge in [0.05, 0.1) is 11.9 Å². The summed E-state index contributed by atoms with van der Waals surface area (Å²) in [6.07, 6.45) is 5.45. The summed E-state index contributed by atoms with van der Waals surface area (Å²) in [4.78, 5) is 13.6. The highest BCUT2D eigenvalue weighted by atomic mass is 35.5. The lowest BCUT2D eigenvalue weighted by Crippen LogP contribution is -2.33. The Morgan fingerprint density at radius 3 is 2.94 bits per heavy atom. The van der Waals surface area contributed by atoms with Crippen molar-refractivity contribution < 1.29 is 0 Å². The maximum Gasteiger partial charge on any atom is 0.285 e. The normalized spacial score (nSPS) is 17.0. The van der Waals surface area contributed by atoms with Gasteiger partial charge in [-0.1, -0.05) is 18.0 Å². The van der Waals surface area contributed by atoms with Crippen LogP contribution in [0.25, 0.3) is 0 Å². The Bertz CT molecular complexity index is 414. The second kappa shape index (κ2) is 6.02. The first-order valence-electron chi connectivity index (χ1n) is 5.97. The van der Waals surface area contributed by atoms with Crippen LogP contribution in [0.3, 0.4) is 0 Å². The first-order chi connectivity index (χ1) is 8.27. The van der Waals surface area contributed by atoms with E-state index in [1.807, 2.05) is 0 Å². The van der Waals surface area contributed by atoms with Crippen molar-refractivity contribution in [1.29, 1.82) is 0 Å². The van der Waals surface area contributed by atoms with E-state index in [2.05, 4.69) is 20.4 Å². The Kier molecular flexibility index (Phi) is 4.39. The van der Waals surface area contributed by atoms with Crippen molar-refractivity contribution in [3.8, 4) is 0 Å². The van der Waals surface area contributed by atoms with Gasteiger partial charge >= 0.3 is 0 Å². The third-order valence-corrected chi connectivity index (χ3v) is 3.36. The molecular weight excluding hydrogens is 240 g/mol. The number of aromatic nitrogens is 2. The van der Waals surface area contributed by atoms with Gasteiger partial charge < -0.3 is 10.2 Å². The number of hydrogen-bond donors (Lipinski definition) is 2. The molecule has 0 aliphatic carbocycles. The fraction of sp³-hybridized carbons (Fsp3) is 0.636. The van der Waals surface area contributed by atoms with E-state index in [0.717, 1.165) is 13.1 Å². The first-order valence-corrected chi connectivity index (χ1v) is 6.34. The van der Waals surface area contributed by atoms with Crippen molar-refractivity contribution in [2.24, 2.45) is 0 Å². The van der Waals surface area contributed by atoms with Crippen molar-refractivity contribution >= 4 is 17.3 Å². The van der Waals surface area contributed by atoms with E-state index in [-0.39, 0.29) is 10.6 Å².